The Labute approximate surface area is 108 Å². The molecule has 0 radical (unpaired) electrons. The SMILES string of the molecule is Cc1cc(Cl)c(C)c(C[C@H]2CO[C@H](C)CO2)c1. The van der Waals surface area contributed by atoms with Crippen LogP contribution in [0.15, 0.2) is 12.1 Å². The van der Waals surface area contributed by atoms with Gasteiger partial charge in [-0.05, 0) is 43.5 Å². The van der Waals surface area contributed by atoms with Gasteiger partial charge in [0.15, 0.2) is 0 Å². The molecule has 94 valence electrons. The van der Waals surface area contributed by atoms with Crippen LogP contribution in [0.1, 0.15) is 23.6 Å². The molecule has 1 aromatic rings. The summed E-state index contributed by atoms with van der Waals surface area (Å²) in [7, 11) is 0. The standard InChI is InChI=1S/C14H19ClO2/c1-9-4-12(11(3)14(15)5-9)6-13-8-16-10(2)7-17-13/h4-5,10,13H,6-8H2,1-3H3/t10-,13+/m1/s1. The van der Waals surface area contributed by atoms with Gasteiger partial charge in [-0.15, -0.1) is 0 Å². The highest BCUT2D eigenvalue weighted by atomic mass is 35.5. The molecule has 2 atom stereocenters. The molecule has 0 spiro atoms. The van der Waals surface area contributed by atoms with Crippen molar-refractivity contribution in [1.82, 2.24) is 0 Å². The van der Waals surface area contributed by atoms with Crippen LogP contribution in [0.3, 0.4) is 0 Å². The van der Waals surface area contributed by atoms with E-state index in [1.807, 2.05) is 13.0 Å². The third-order valence-electron chi connectivity index (χ3n) is 3.18. The van der Waals surface area contributed by atoms with Crippen molar-refractivity contribution in [3.8, 4) is 0 Å². The van der Waals surface area contributed by atoms with Gasteiger partial charge in [0.05, 0.1) is 25.4 Å². The van der Waals surface area contributed by atoms with Gasteiger partial charge in [0, 0.05) is 11.4 Å². The topological polar surface area (TPSA) is 18.5 Å². The van der Waals surface area contributed by atoms with Crippen LogP contribution in [0.25, 0.3) is 0 Å². The number of hydrogen-bond donors (Lipinski definition) is 0. The molecule has 1 aromatic carbocycles. The zero-order chi connectivity index (χ0) is 12.4. The van der Waals surface area contributed by atoms with Crippen molar-refractivity contribution in [3.05, 3.63) is 33.8 Å². The van der Waals surface area contributed by atoms with Gasteiger partial charge in [0.2, 0.25) is 0 Å². The van der Waals surface area contributed by atoms with Crippen LogP contribution in [0.5, 0.6) is 0 Å². The van der Waals surface area contributed by atoms with Crippen molar-refractivity contribution < 1.29 is 9.47 Å². The monoisotopic (exact) mass is 254 g/mol. The van der Waals surface area contributed by atoms with Crippen molar-refractivity contribution in [3.63, 3.8) is 0 Å². The van der Waals surface area contributed by atoms with Crippen LogP contribution in [-0.2, 0) is 15.9 Å². The molecule has 17 heavy (non-hydrogen) atoms. The minimum absolute atomic E-state index is 0.155. The minimum Gasteiger partial charge on any atom is -0.373 e. The summed E-state index contributed by atoms with van der Waals surface area (Å²) in [6, 6.07) is 4.18. The molecular formula is C14H19ClO2. The Morgan fingerprint density at radius 2 is 2.00 bits per heavy atom. The Kier molecular flexibility index (Phi) is 4.08. The predicted molar refractivity (Wildman–Crippen MR) is 69.8 cm³/mol. The lowest BCUT2D eigenvalue weighted by atomic mass is 10.00. The van der Waals surface area contributed by atoms with Crippen LogP contribution in [-0.4, -0.2) is 25.4 Å². The highest BCUT2D eigenvalue weighted by Gasteiger charge is 2.20. The second-order valence-electron chi connectivity index (χ2n) is 4.83. The third-order valence-corrected chi connectivity index (χ3v) is 3.57. The first-order valence-electron chi connectivity index (χ1n) is 6.05. The van der Waals surface area contributed by atoms with E-state index in [0.717, 1.165) is 17.0 Å². The molecule has 3 heteroatoms. The van der Waals surface area contributed by atoms with Crippen molar-refractivity contribution in [2.75, 3.05) is 13.2 Å². The summed E-state index contributed by atoms with van der Waals surface area (Å²) in [4.78, 5) is 0. The quantitative estimate of drug-likeness (QED) is 0.806. The van der Waals surface area contributed by atoms with Gasteiger partial charge in [-0.1, -0.05) is 17.7 Å². The summed E-state index contributed by atoms with van der Waals surface area (Å²) in [5.74, 6) is 0. The maximum atomic E-state index is 6.19. The number of aryl methyl sites for hydroxylation is 1. The van der Waals surface area contributed by atoms with E-state index in [0.29, 0.717) is 13.2 Å². The summed E-state index contributed by atoms with van der Waals surface area (Å²) in [5, 5.41) is 0.838. The van der Waals surface area contributed by atoms with Gasteiger partial charge in [-0.25, -0.2) is 0 Å². The lowest BCUT2D eigenvalue weighted by Gasteiger charge is -2.28. The molecule has 1 heterocycles. The number of rotatable bonds is 2. The van der Waals surface area contributed by atoms with E-state index >= 15 is 0 Å². The van der Waals surface area contributed by atoms with E-state index in [2.05, 4.69) is 19.9 Å². The molecule has 0 N–H and O–H groups in total. The molecule has 1 saturated heterocycles. The second-order valence-corrected chi connectivity index (χ2v) is 5.24. The zero-order valence-electron chi connectivity index (χ0n) is 10.6. The Balaban J connectivity index is 2.08. The Morgan fingerprint density at radius 3 is 2.65 bits per heavy atom. The predicted octanol–water partition coefficient (Wildman–Crippen LogP) is 3.30. The Hall–Kier alpha value is -0.570. The summed E-state index contributed by atoms with van der Waals surface area (Å²) >= 11 is 6.19. The molecule has 1 aliphatic rings. The summed E-state index contributed by atoms with van der Waals surface area (Å²) in [5.41, 5.74) is 3.61. The maximum Gasteiger partial charge on any atom is 0.0850 e. The zero-order valence-corrected chi connectivity index (χ0v) is 11.4. The molecule has 0 aromatic heterocycles. The fourth-order valence-electron chi connectivity index (χ4n) is 2.10. The minimum atomic E-state index is 0.155. The highest BCUT2D eigenvalue weighted by Crippen LogP contribution is 2.23. The van der Waals surface area contributed by atoms with Gasteiger partial charge >= 0.3 is 0 Å². The van der Waals surface area contributed by atoms with E-state index in [1.165, 1.54) is 11.1 Å². The average Bonchev–Trinajstić information content (AvgIpc) is 2.28. The number of benzene rings is 1. The largest absolute Gasteiger partial charge is 0.373 e. The van der Waals surface area contributed by atoms with Crippen LogP contribution in [0.4, 0.5) is 0 Å². The molecule has 0 aliphatic carbocycles. The molecule has 2 rings (SSSR count). The van der Waals surface area contributed by atoms with E-state index < -0.39 is 0 Å². The first kappa shape index (κ1) is 12.9. The van der Waals surface area contributed by atoms with Crippen molar-refractivity contribution in [2.45, 2.75) is 39.4 Å². The first-order chi connectivity index (χ1) is 8.06. The molecule has 2 nitrogen and oxygen atoms in total. The summed E-state index contributed by atoms with van der Waals surface area (Å²) < 4.78 is 11.4. The molecule has 1 aliphatic heterocycles. The van der Waals surface area contributed by atoms with Crippen LogP contribution < -0.4 is 0 Å². The van der Waals surface area contributed by atoms with Crippen LogP contribution >= 0.6 is 11.6 Å². The van der Waals surface area contributed by atoms with Crippen molar-refractivity contribution in [2.24, 2.45) is 0 Å². The lowest BCUT2D eigenvalue weighted by molar-refractivity contribution is -0.125. The van der Waals surface area contributed by atoms with Gasteiger partial charge in [-0.2, -0.15) is 0 Å². The van der Waals surface area contributed by atoms with E-state index in [4.69, 9.17) is 21.1 Å². The molecule has 1 fully saturated rings. The molecule has 0 unspecified atom stereocenters. The summed E-state index contributed by atoms with van der Waals surface area (Å²) in [6.07, 6.45) is 1.25. The average molecular weight is 255 g/mol. The second kappa shape index (κ2) is 5.38. The van der Waals surface area contributed by atoms with Gasteiger partial charge in [0.1, 0.15) is 0 Å². The van der Waals surface area contributed by atoms with E-state index in [9.17, 15) is 0 Å². The Morgan fingerprint density at radius 1 is 1.24 bits per heavy atom. The van der Waals surface area contributed by atoms with E-state index in [1.54, 1.807) is 0 Å². The van der Waals surface area contributed by atoms with Gasteiger partial charge in [-0.3, -0.25) is 0 Å². The number of halogens is 1. The van der Waals surface area contributed by atoms with E-state index in [-0.39, 0.29) is 12.2 Å². The number of ether oxygens (including phenoxy) is 2. The number of hydrogen-bond acceptors (Lipinski definition) is 2. The molecule has 0 saturated carbocycles. The molecule has 0 bridgehead atoms. The highest BCUT2D eigenvalue weighted by molar-refractivity contribution is 6.31. The fraction of sp³-hybridized carbons (Fsp3) is 0.571. The normalized spacial score (nSPS) is 24.9. The van der Waals surface area contributed by atoms with Crippen molar-refractivity contribution >= 4 is 11.6 Å². The Bertz CT molecular complexity index is 395. The van der Waals surface area contributed by atoms with Crippen LogP contribution in [0.2, 0.25) is 5.02 Å². The van der Waals surface area contributed by atoms with Crippen molar-refractivity contribution in [1.29, 1.82) is 0 Å². The van der Waals surface area contributed by atoms with Gasteiger partial charge in [0.25, 0.3) is 0 Å². The maximum absolute atomic E-state index is 6.19. The fourth-order valence-corrected chi connectivity index (χ4v) is 2.39. The molecule has 0 amide bonds. The lowest BCUT2D eigenvalue weighted by Crippen LogP contribution is -2.35. The first-order valence-corrected chi connectivity index (χ1v) is 6.43. The smallest absolute Gasteiger partial charge is 0.0850 e. The third kappa shape index (κ3) is 3.21. The van der Waals surface area contributed by atoms with Crippen LogP contribution in [0, 0.1) is 13.8 Å². The molecular weight excluding hydrogens is 236 g/mol. The van der Waals surface area contributed by atoms with Gasteiger partial charge < -0.3 is 9.47 Å². The summed E-state index contributed by atoms with van der Waals surface area (Å²) in [6.45, 7) is 7.51.